The maximum Gasteiger partial charge on any atom is 0.194 e. The summed E-state index contributed by atoms with van der Waals surface area (Å²) in [4.78, 5) is 6.83. The number of guanidine groups is 1. The van der Waals surface area contributed by atoms with Gasteiger partial charge in [-0.3, -0.25) is 0 Å². The third kappa shape index (κ3) is 3.69. The molecule has 2 rings (SSSR count). The number of hydrogen-bond acceptors (Lipinski definition) is 3. The zero-order valence-electron chi connectivity index (χ0n) is 14.1. The average molecular weight is 303 g/mol. The molecule has 0 aliphatic rings. The molecule has 0 aromatic carbocycles. The van der Waals surface area contributed by atoms with Gasteiger partial charge in [-0.25, -0.2) is 4.99 Å². The van der Waals surface area contributed by atoms with E-state index in [0.717, 1.165) is 36.1 Å². The predicted molar refractivity (Wildman–Crippen MR) is 87.7 cm³/mol. The van der Waals surface area contributed by atoms with E-state index in [1.165, 1.54) is 5.69 Å². The first-order valence-electron chi connectivity index (χ1n) is 7.54. The number of aliphatic imine (C=N–C) groups is 1. The third-order valence-electron chi connectivity index (χ3n) is 3.72. The number of hydrogen-bond donors (Lipinski definition) is 1. The third-order valence-corrected chi connectivity index (χ3v) is 3.72. The van der Waals surface area contributed by atoms with E-state index < -0.39 is 0 Å². The van der Waals surface area contributed by atoms with E-state index in [1.54, 1.807) is 0 Å². The normalized spacial score (nSPS) is 11.8. The van der Waals surface area contributed by atoms with E-state index >= 15 is 0 Å². The van der Waals surface area contributed by atoms with Crippen LogP contribution in [0.1, 0.15) is 29.6 Å². The summed E-state index contributed by atoms with van der Waals surface area (Å²) in [6.45, 7) is 8.14. The molecular weight excluding hydrogens is 278 g/mol. The molecule has 0 amide bonds. The van der Waals surface area contributed by atoms with Gasteiger partial charge < -0.3 is 19.3 Å². The summed E-state index contributed by atoms with van der Waals surface area (Å²) < 4.78 is 7.31. The van der Waals surface area contributed by atoms with Crippen molar-refractivity contribution in [3.05, 3.63) is 41.0 Å². The standard InChI is InChI=1S/C16H25N5O/c1-6-17-16(18-10-15-12(2)19-22-13(15)3)21(5)11-14-8-7-9-20(14)4/h7-9H,6,10-11H2,1-5H3,(H,17,18). The van der Waals surface area contributed by atoms with Crippen molar-refractivity contribution in [3.63, 3.8) is 0 Å². The summed E-state index contributed by atoms with van der Waals surface area (Å²) >= 11 is 0. The fourth-order valence-corrected chi connectivity index (χ4v) is 2.33. The highest BCUT2D eigenvalue weighted by Gasteiger charge is 2.11. The molecule has 22 heavy (non-hydrogen) atoms. The summed E-state index contributed by atoms with van der Waals surface area (Å²) in [7, 11) is 4.10. The minimum Gasteiger partial charge on any atom is -0.361 e. The van der Waals surface area contributed by atoms with Crippen LogP contribution >= 0.6 is 0 Å². The first-order valence-corrected chi connectivity index (χ1v) is 7.54. The van der Waals surface area contributed by atoms with Crippen LogP contribution in [0, 0.1) is 13.8 Å². The number of nitrogens with zero attached hydrogens (tertiary/aromatic N) is 4. The Morgan fingerprint density at radius 2 is 2.23 bits per heavy atom. The van der Waals surface area contributed by atoms with Gasteiger partial charge in [0, 0.05) is 38.1 Å². The van der Waals surface area contributed by atoms with Crippen molar-refractivity contribution in [2.45, 2.75) is 33.9 Å². The molecule has 2 heterocycles. The van der Waals surface area contributed by atoms with Gasteiger partial charge in [0.15, 0.2) is 5.96 Å². The molecule has 6 heteroatoms. The molecule has 0 spiro atoms. The Bertz CT molecular complexity index is 621. The first-order chi connectivity index (χ1) is 10.5. The zero-order chi connectivity index (χ0) is 16.1. The van der Waals surface area contributed by atoms with Gasteiger partial charge in [0.1, 0.15) is 5.76 Å². The smallest absolute Gasteiger partial charge is 0.194 e. The van der Waals surface area contributed by atoms with Crippen molar-refractivity contribution in [2.75, 3.05) is 13.6 Å². The highest BCUT2D eigenvalue weighted by atomic mass is 16.5. The van der Waals surface area contributed by atoms with Gasteiger partial charge in [-0.2, -0.15) is 0 Å². The summed E-state index contributed by atoms with van der Waals surface area (Å²) in [5.74, 6) is 1.71. The van der Waals surface area contributed by atoms with Crippen LogP contribution in [0.3, 0.4) is 0 Å². The van der Waals surface area contributed by atoms with Crippen molar-refractivity contribution in [1.82, 2.24) is 19.9 Å². The Morgan fingerprint density at radius 1 is 1.45 bits per heavy atom. The van der Waals surface area contributed by atoms with Crippen LogP contribution in [0.5, 0.6) is 0 Å². The van der Waals surface area contributed by atoms with Crippen molar-refractivity contribution in [2.24, 2.45) is 12.0 Å². The lowest BCUT2D eigenvalue weighted by Gasteiger charge is -2.22. The van der Waals surface area contributed by atoms with Crippen molar-refractivity contribution in [3.8, 4) is 0 Å². The predicted octanol–water partition coefficient (Wildman–Crippen LogP) is 2.23. The number of aryl methyl sites for hydroxylation is 3. The SMILES string of the molecule is CCNC(=NCc1c(C)noc1C)N(C)Cc1cccn1C. The minimum absolute atomic E-state index is 0.570. The summed E-state index contributed by atoms with van der Waals surface area (Å²) in [5, 5.41) is 7.31. The van der Waals surface area contributed by atoms with Crippen molar-refractivity contribution < 1.29 is 4.52 Å². The van der Waals surface area contributed by atoms with Crippen molar-refractivity contribution in [1.29, 1.82) is 0 Å². The van der Waals surface area contributed by atoms with Crippen LogP contribution < -0.4 is 5.32 Å². The highest BCUT2D eigenvalue weighted by Crippen LogP contribution is 2.13. The average Bonchev–Trinajstić information content (AvgIpc) is 3.02. The molecule has 0 aliphatic carbocycles. The Hall–Kier alpha value is -2.24. The lowest BCUT2D eigenvalue weighted by atomic mass is 10.2. The maximum atomic E-state index is 5.19. The van der Waals surface area contributed by atoms with Gasteiger partial charge in [0.25, 0.3) is 0 Å². The molecule has 0 aliphatic heterocycles. The zero-order valence-corrected chi connectivity index (χ0v) is 14.1. The van der Waals surface area contributed by atoms with Crippen LogP contribution in [0.25, 0.3) is 0 Å². The van der Waals surface area contributed by atoms with Gasteiger partial charge in [0.05, 0.1) is 18.8 Å². The van der Waals surface area contributed by atoms with E-state index in [9.17, 15) is 0 Å². The van der Waals surface area contributed by atoms with Crippen LogP contribution in [-0.4, -0.2) is 34.2 Å². The fraction of sp³-hybridized carbons (Fsp3) is 0.500. The molecule has 0 unspecified atom stereocenters. The molecule has 0 fully saturated rings. The van der Waals surface area contributed by atoms with Crippen LogP contribution in [-0.2, 0) is 20.1 Å². The lowest BCUT2D eigenvalue weighted by Crippen LogP contribution is -2.38. The second kappa shape index (κ2) is 7.15. The maximum absolute atomic E-state index is 5.19. The molecule has 0 bridgehead atoms. The minimum atomic E-state index is 0.570. The van der Waals surface area contributed by atoms with Gasteiger partial charge in [-0.15, -0.1) is 0 Å². The summed E-state index contributed by atoms with van der Waals surface area (Å²) in [6, 6.07) is 4.17. The second-order valence-electron chi connectivity index (χ2n) is 5.44. The van der Waals surface area contributed by atoms with Crippen LogP contribution in [0.15, 0.2) is 27.8 Å². The van der Waals surface area contributed by atoms with Gasteiger partial charge in [0.2, 0.25) is 0 Å². The summed E-state index contributed by atoms with van der Waals surface area (Å²) in [5.41, 5.74) is 3.20. The van der Waals surface area contributed by atoms with Crippen molar-refractivity contribution >= 4 is 5.96 Å². The molecule has 0 saturated carbocycles. The molecule has 6 nitrogen and oxygen atoms in total. The molecule has 0 atom stereocenters. The molecule has 1 N–H and O–H groups in total. The van der Waals surface area contributed by atoms with Gasteiger partial charge >= 0.3 is 0 Å². The number of nitrogens with one attached hydrogen (secondary N) is 1. The topological polar surface area (TPSA) is 58.6 Å². The largest absolute Gasteiger partial charge is 0.361 e. The quantitative estimate of drug-likeness (QED) is 0.680. The molecular formula is C16H25N5O. The Kier molecular flexibility index (Phi) is 5.25. The van der Waals surface area contributed by atoms with E-state index in [2.05, 4.69) is 52.2 Å². The van der Waals surface area contributed by atoms with Gasteiger partial charge in [-0.1, -0.05) is 5.16 Å². The monoisotopic (exact) mass is 303 g/mol. The fourth-order valence-electron chi connectivity index (χ4n) is 2.33. The van der Waals surface area contributed by atoms with Crippen LogP contribution in [0.4, 0.5) is 0 Å². The molecule has 2 aromatic rings. The van der Waals surface area contributed by atoms with E-state index in [0.29, 0.717) is 6.54 Å². The number of aromatic nitrogens is 2. The molecule has 0 radical (unpaired) electrons. The Balaban J connectivity index is 2.11. The second-order valence-corrected chi connectivity index (χ2v) is 5.44. The first kappa shape index (κ1) is 16.1. The van der Waals surface area contributed by atoms with E-state index in [-0.39, 0.29) is 0 Å². The van der Waals surface area contributed by atoms with Crippen LogP contribution in [0.2, 0.25) is 0 Å². The molecule has 2 aromatic heterocycles. The number of rotatable bonds is 5. The molecule has 120 valence electrons. The van der Waals surface area contributed by atoms with Gasteiger partial charge in [-0.05, 0) is 32.9 Å². The lowest BCUT2D eigenvalue weighted by molar-refractivity contribution is 0.392. The Morgan fingerprint density at radius 3 is 2.77 bits per heavy atom. The highest BCUT2D eigenvalue weighted by molar-refractivity contribution is 5.79. The Labute approximate surface area is 131 Å². The van der Waals surface area contributed by atoms with E-state index in [4.69, 9.17) is 9.52 Å². The van der Waals surface area contributed by atoms with E-state index in [1.807, 2.05) is 20.9 Å². The molecule has 0 saturated heterocycles. The summed E-state index contributed by atoms with van der Waals surface area (Å²) in [6.07, 6.45) is 2.05.